The van der Waals surface area contributed by atoms with Crippen LogP contribution in [-0.4, -0.2) is 45.9 Å². The van der Waals surface area contributed by atoms with E-state index in [9.17, 15) is 14.7 Å². The second kappa shape index (κ2) is 7.12. The standard InChI is InChI=1S/C16H24N4O3/c21-12-9-18-16(23)14-8-13(19-20(14)10-12)15(22)17-7-3-6-11-4-1-2-5-11/h8,11-12,21H,1-7,9-10H2,(H,17,22)(H,18,23)/t12-/m0/s1. The van der Waals surface area contributed by atoms with Gasteiger partial charge in [0, 0.05) is 19.2 Å². The second-order valence-electron chi connectivity index (χ2n) is 6.51. The first-order valence-electron chi connectivity index (χ1n) is 8.46. The maximum atomic E-state index is 12.2. The van der Waals surface area contributed by atoms with Crippen LogP contribution in [0.15, 0.2) is 6.07 Å². The van der Waals surface area contributed by atoms with Gasteiger partial charge in [0.05, 0.1) is 12.6 Å². The predicted octanol–water partition coefficient (Wildman–Crippen LogP) is 0.688. The molecular formula is C16H24N4O3. The first kappa shape index (κ1) is 16.0. The Balaban J connectivity index is 1.52. The number of rotatable bonds is 5. The van der Waals surface area contributed by atoms with Crippen molar-refractivity contribution in [2.24, 2.45) is 5.92 Å². The van der Waals surface area contributed by atoms with Gasteiger partial charge in [0.15, 0.2) is 5.69 Å². The molecule has 1 atom stereocenters. The van der Waals surface area contributed by atoms with Crippen LogP contribution in [0.1, 0.15) is 59.5 Å². The number of carbonyl (C=O) groups is 2. The third-order valence-corrected chi connectivity index (χ3v) is 4.68. The summed E-state index contributed by atoms with van der Waals surface area (Å²) in [5, 5.41) is 19.3. The van der Waals surface area contributed by atoms with Crippen LogP contribution in [0.4, 0.5) is 0 Å². The van der Waals surface area contributed by atoms with E-state index in [2.05, 4.69) is 15.7 Å². The summed E-state index contributed by atoms with van der Waals surface area (Å²) in [6, 6.07) is 1.49. The molecule has 1 aliphatic heterocycles. The SMILES string of the molecule is O=C(NCCCC1CCCC1)c1cc2n(n1)C[C@@H](O)CNC2=O. The van der Waals surface area contributed by atoms with Gasteiger partial charge in [-0.25, -0.2) is 0 Å². The molecule has 0 aromatic carbocycles. The van der Waals surface area contributed by atoms with E-state index in [4.69, 9.17) is 0 Å². The molecule has 126 valence electrons. The third kappa shape index (κ3) is 3.90. The Morgan fingerprint density at radius 3 is 3.00 bits per heavy atom. The minimum Gasteiger partial charge on any atom is -0.389 e. The quantitative estimate of drug-likeness (QED) is 0.695. The fourth-order valence-corrected chi connectivity index (χ4v) is 3.40. The van der Waals surface area contributed by atoms with E-state index >= 15 is 0 Å². The number of aromatic nitrogens is 2. The maximum absolute atomic E-state index is 12.2. The predicted molar refractivity (Wildman–Crippen MR) is 84.1 cm³/mol. The van der Waals surface area contributed by atoms with Crippen LogP contribution in [0.25, 0.3) is 0 Å². The molecule has 1 aliphatic carbocycles. The van der Waals surface area contributed by atoms with Gasteiger partial charge in [-0.15, -0.1) is 0 Å². The lowest BCUT2D eigenvalue weighted by molar-refractivity contribution is 0.0931. The molecule has 0 unspecified atom stereocenters. The van der Waals surface area contributed by atoms with Crippen molar-refractivity contribution in [3.8, 4) is 0 Å². The largest absolute Gasteiger partial charge is 0.389 e. The molecule has 2 amide bonds. The fourth-order valence-electron chi connectivity index (χ4n) is 3.40. The van der Waals surface area contributed by atoms with Crippen molar-refractivity contribution in [1.82, 2.24) is 20.4 Å². The van der Waals surface area contributed by atoms with Crippen LogP contribution in [0, 0.1) is 5.92 Å². The van der Waals surface area contributed by atoms with Gasteiger partial charge in [-0.3, -0.25) is 14.3 Å². The van der Waals surface area contributed by atoms with Crippen molar-refractivity contribution in [1.29, 1.82) is 0 Å². The molecule has 23 heavy (non-hydrogen) atoms. The number of fused-ring (bicyclic) bond motifs is 1. The first-order chi connectivity index (χ1) is 11.1. The van der Waals surface area contributed by atoms with E-state index in [1.807, 2.05) is 0 Å². The van der Waals surface area contributed by atoms with Crippen LogP contribution in [-0.2, 0) is 6.54 Å². The van der Waals surface area contributed by atoms with E-state index in [-0.39, 0.29) is 30.6 Å². The first-order valence-corrected chi connectivity index (χ1v) is 8.46. The summed E-state index contributed by atoms with van der Waals surface area (Å²) in [7, 11) is 0. The molecule has 0 bridgehead atoms. The van der Waals surface area contributed by atoms with Gasteiger partial charge >= 0.3 is 0 Å². The zero-order valence-electron chi connectivity index (χ0n) is 13.3. The van der Waals surface area contributed by atoms with E-state index in [0.29, 0.717) is 12.2 Å². The number of aliphatic hydroxyl groups excluding tert-OH is 1. The normalized spacial score (nSPS) is 21.6. The summed E-state index contributed by atoms with van der Waals surface area (Å²) in [4.78, 5) is 24.0. The van der Waals surface area contributed by atoms with Gasteiger partial charge in [0.25, 0.3) is 11.8 Å². The lowest BCUT2D eigenvalue weighted by Gasteiger charge is -2.09. The van der Waals surface area contributed by atoms with E-state index in [0.717, 1.165) is 18.8 Å². The van der Waals surface area contributed by atoms with Crippen molar-refractivity contribution in [2.75, 3.05) is 13.1 Å². The van der Waals surface area contributed by atoms with Gasteiger partial charge in [0.2, 0.25) is 0 Å². The Hall–Kier alpha value is -1.89. The van der Waals surface area contributed by atoms with Gasteiger partial charge in [0.1, 0.15) is 5.69 Å². The maximum Gasteiger partial charge on any atom is 0.271 e. The number of aliphatic hydroxyl groups is 1. The molecule has 3 rings (SSSR count). The monoisotopic (exact) mass is 320 g/mol. The number of hydrogen-bond acceptors (Lipinski definition) is 4. The van der Waals surface area contributed by atoms with Gasteiger partial charge < -0.3 is 15.7 Å². The Morgan fingerprint density at radius 2 is 2.22 bits per heavy atom. The minimum atomic E-state index is -0.692. The highest BCUT2D eigenvalue weighted by molar-refractivity contribution is 5.98. The van der Waals surface area contributed by atoms with Crippen molar-refractivity contribution < 1.29 is 14.7 Å². The molecular weight excluding hydrogens is 296 g/mol. The third-order valence-electron chi connectivity index (χ3n) is 4.68. The average molecular weight is 320 g/mol. The number of nitrogens with zero attached hydrogens (tertiary/aromatic N) is 2. The molecule has 2 aliphatic rings. The molecule has 2 heterocycles. The highest BCUT2D eigenvalue weighted by Crippen LogP contribution is 2.28. The van der Waals surface area contributed by atoms with Crippen molar-refractivity contribution in [2.45, 2.75) is 51.2 Å². The Labute approximate surface area is 135 Å². The second-order valence-corrected chi connectivity index (χ2v) is 6.51. The molecule has 3 N–H and O–H groups in total. The van der Waals surface area contributed by atoms with Gasteiger partial charge in [-0.1, -0.05) is 25.7 Å². The molecule has 7 heteroatoms. The Kier molecular flexibility index (Phi) is 4.95. The van der Waals surface area contributed by atoms with Crippen LogP contribution < -0.4 is 10.6 Å². The summed E-state index contributed by atoms with van der Waals surface area (Å²) >= 11 is 0. The number of amides is 2. The zero-order chi connectivity index (χ0) is 16.2. The number of nitrogens with one attached hydrogen (secondary N) is 2. The number of β-amino-alcohol motifs (C(OH)–C–C–N with tert-alkyl or cyclic N) is 1. The highest BCUT2D eigenvalue weighted by Gasteiger charge is 2.24. The molecule has 1 aromatic rings. The van der Waals surface area contributed by atoms with E-state index in [1.54, 1.807) is 0 Å². The zero-order valence-corrected chi connectivity index (χ0v) is 13.3. The summed E-state index contributed by atoms with van der Waals surface area (Å²) in [5.74, 6) is 0.245. The topological polar surface area (TPSA) is 96.2 Å². The molecule has 0 saturated heterocycles. The summed E-state index contributed by atoms with van der Waals surface area (Å²) in [6.07, 6.45) is 6.76. The molecule has 1 fully saturated rings. The van der Waals surface area contributed by atoms with Crippen molar-refractivity contribution in [3.63, 3.8) is 0 Å². The molecule has 7 nitrogen and oxygen atoms in total. The summed E-state index contributed by atoms with van der Waals surface area (Å²) in [6.45, 7) is 1.04. The minimum absolute atomic E-state index is 0.199. The van der Waals surface area contributed by atoms with E-state index < -0.39 is 6.10 Å². The molecule has 1 aromatic heterocycles. The van der Waals surface area contributed by atoms with Crippen LogP contribution in [0.2, 0.25) is 0 Å². The lowest BCUT2D eigenvalue weighted by Crippen LogP contribution is -2.30. The smallest absolute Gasteiger partial charge is 0.271 e. The highest BCUT2D eigenvalue weighted by atomic mass is 16.3. The van der Waals surface area contributed by atoms with Crippen LogP contribution in [0.5, 0.6) is 0 Å². The molecule has 0 spiro atoms. The average Bonchev–Trinajstić information content (AvgIpc) is 3.16. The number of hydrogen-bond donors (Lipinski definition) is 3. The Morgan fingerprint density at radius 1 is 1.43 bits per heavy atom. The Bertz CT molecular complexity index is 578. The fraction of sp³-hybridized carbons (Fsp3) is 0.688. The number of carbonyl (C=O) groups excluding carboxylic acids is 2. The van der Waals surface area contributed by atoms with Crippen LogP contribution in [0.3, 0.4) is 0 Å². The van der Waals surface area contributed by atoms with Gasteiger partial charge in [-0.05, 0) is 18.8 Å². The van der Waals surface area contributed by atoms with E-state index in [1.165, 1.54) is 36.4 Å². The van der Waals surface area contributed by atoms with Crippen molar-refractivity contribution in [3.05, 3.63) is 17.5 Å². The summed E-state index contributed by atoms with van der Waals surface area (Å²) < 4.78 is 1.40. The molecule has 0 radical (unpaired) electrons. The van der Waals surface area contributed by atoms with Gasteiger partial charge in [-0.2, -0.15) is 5.10 Å². The lowest BCUT2D eigenvalue weighted by atomic mass is 10.0. The molecule has 1 saturated carbocycles. The summed E-state index contributed by atoms with van der Waals surface area (Å²) in [5.41, 5.74) is 0.544. The van der Waals surface area contributed by atoms with Crippen molar-refractivity contribution >= 4 is 11.8 Å². The van der Waals surface area contributed by atoms with Crippen LogP contribution >= 0.6 is 0 Å².